The minimum Gasteiger partial charge on any atom is -0.505 e. The van der Waals surface area contributed by atoms with E-state index >= 15 is 0 Å². The first-order chi connectivity index (χ1) is 13.5. The zero-order valence-corrected chi connectivity index (χ0v) is 16.9. The van der Waals surface area contributed by atoms with Gasteiger partial charge in [-0.25, -0.2) is 0 Å². The maximum Gasteiger partial charge on any atom is 0.145 e. The molecule has 1 atom stereocenters. The average Bonchev–Trinajstić information content (AvgIpc) is 2.70. The van der Waals surface area contributed by atoms with Crippen LogP contribution < -0.4 is 0 Å². The van der Waals surface area contributed by atoms with Gasteiger partial charge in [-0.1, -0.05) is 53.0 Å². The molecule has 0 aliphatic rings. The number of phenolic OH excluding ortho intramolecular Hbond substituents is 1. The molecule has 0 spiro atoms. The highest BCUT2D eigenvalue weighted by molar-refractivity contribution is 6.33. The van der Waals surface area contributed by atoms with Crippen molar-refractivity contribution >= 4 is 45.7 Å². The summed E-state index contributed by atoms with van der Waals surface area (Å²) < 4.78 is 0. The first-order valence-corrected chi connectivity index (χ1v) is 9.78. The van der Waals surface area contributed by atoms with Crippen LogP contribution in [0.5, 0.6) is 5.75 Å². The number of nitrogens with zero attached hydrogens (tertiary/aromatic N) is 2. The van der Waals surface area contributed by atoms with Crippen molar-refractivity contribution in [2.24, 2.45) is 0 Å². The van der Waals surface area contributed by atoms with Crippen molar-refractivity contribution in [2.45, 2.75) is 12.3 Å². The van der Waals surface area contributed by atoms with Crippen LogP contribution in [0, 0.1) is 0 Å². The first-order valence-electron chi connectivity index (χ1n) is 8.65. The van der Waals surface area contributed by atoms with E-state index in [0.717, 1.165) is 16.6 Å². The van der Waals surface area contributed by atoms with Crippen LogP contribution in [0.15, 0.2) is 67.0 Å². The Balaban J connectivity index is 1.88. The van der Waals surface area contributed by atoms with Crippen molar-refractivity contribution in [1.29, 1.82) is 0 Å². The van der Waals surface area contributed by atoms with Gasteiger partial charge in [0.1, 0.15) is 11.3 Å². The Morgan fingerprint density at radius 3 is 2.46 bits per heavy atom. The molecule has 2 aromatic carbocycles. The number of hydrogen-bond acceptors (Lipinski definition) is 3. The van der Waals surface area contributed by atoms with Crippen molar-refractivity contribution in [3.63, 3.8) is 0 Å². The van der Waals surface area contributed by atoms with Gasteiger partial charge in [0.25, 0.3) is 0 Å². The normalized spacial score (nSPS) is 12.2. The van der Waals surface area contributed by atoms with Crippen LogP contribution in [0.3, 0.4) is 0 Å². The van der Waals surface area contributed by atoms with Crippen LogP contribution in [-0.2, 0) is 6.42 Å². The van der Waals surface area contributed by atoms with E-state index in [9.17, 15) is 5.11 Å². The fraction of sp³-hybridized carbons (Fsp3) is 0.0909. The molecule has 4 aromatic rings. The van der Waals surface area contributed by atoms with E-state index in [-0.39, 0.29) is 11.7 Å². The van der Waals surface area contributed by atoms with Crippen LogP contribution in [0.1, 0.15) is 22.7 Å². The molecule has 2 aromatic heterocycles. The van der Waals surface area contributed by atoms with Gasteiger partial charge >= 0.3 is 0 Å². The molecule has 4 rings (SSSR count). The van der Waals surface area contributed by atoms with Crippen LogP contribution in [0.2, 0.25) is 15.1 Å². The molecular formula is C22H15Cl3N2O. The maximum atomic E-state index is 11.0. The molecule has 0 amide bonds. The predicted octanol–water partition coefficient (Wildman–Crippen LogP) is 6.67. The molecule has 1 N–H and O–H groups in total. The molecule has 2 heterocycles. The van der Waals surface area contributed by atoms with Gasteiger partial charge in [0.2, 0.25) is 0 Å². The molecule has 6 heteroatoms. The Morgan fingerprint density at radius 2 is 1.68 bits per heavy atom. The third-order valence-corrected chi connectivity index (χ3v) is 5.49. The van der Waals surface area contributed by atoms with Crippen molar-refractivity contribution < 1.29 is 5.11 Å². The number of halogens is 3. The first kappa shape index (κ1) is 19.0. The van der Waals surface area contributed by atoms with E-state index in [0.29, 0.717) is 32.6 Å². The summed E-state index contributed by atoms with van der Waals surface area (Å²) in [4.78, 5) is 8.74. The SMILES string of the molecule is Oc1c(C(Cc2ccc(Cl)cn2)c2cc(Cl)ccc2Cl)ccc2cccnc12. The molecule has 0 bridgehead atoms. The molecule has 0 saturated heterocycles. The summed E-state index contributed by atoms with van der Waals surface area (Å²) in [5.74, 6) is -0.126. The number of rotatable bonds is 4. The smallest absolute Gasteiger partial charge is 0.145 e. The molecule has 0 aliphatic carbocycles. The number of hydrogen-bond donors (Lipinski definition) is 1. The van der Waals surface area contributed by atoms with Crippen LogP contribution in [0.25, 0.3) is 10.9 Å². The lowest BCUT2D eigenvalue weighted by Crippen LogP contribution is -2.08. The van der Waals surface area contributed by atoms with E-state index in [4.69, 9.17) is 34.8 Å². The van der Waals surface area contributed by atoms with E-state index in [1.807, 2.05) is 36.4 Å². The Labute approximate surface area is 177 Å². The number of benzene rings is 2. The molecule has 0 radical (unpaired) electrons. The third-order valence-electron chi connectivity index (χ3n) is 4.69. The highest BCUT2D eigenvalue weighted by Crippen LogP contribution is 2.40. The van der Waals surface area contributed by atoms with E-state index < -0.39 is 0 Å². The van der Waals surface area contributed by atoms with E-state index in [2.05, 4.69) is 9.97 Å². The van der Waals surface area contributed by atoms with Crippen molar-refractivity contribution in [2.75, 3.05) is 0 Å². The Hall–Kier alpha value is -2.33. The zero-order chi connectivity index (χ0) is 19.7. The minimum atomic E-state index is -0.258. The fourth-order valence-corrected chi connectivity index (χ4v) is 3.87. The second-order valence-electron chi connectivity index (χ2n) is 6.47. The average molecular weight is 430 g/mol. The van der Waals surface area contributed by atoms with Crippen LogP contribution in [-0.4, -0.2) is 15.1 Å². The lowest BCUT2D eigenvalue weighted by atomic mass is 9.86. The van der Waals surface area contributed by atoms with Gasteiger partial charge in [-0.2, -0.15) is 0 Å². The van der Waals surface area contributed by atoms with Gasteiger partial charge in [0.05, 0.1) is 5.02 Å². The Kier molecular flexibility index (Phi) is 5.40. The summed E-state index contributed by atoms with van der Waals surface area (Å²) in [6, 6.07) is 16.6. The summed E-state index contributed by atoms with van der Waals surface area (Å²) in [7, 11) is 0. The second-order valence-corrected chi connectivity index (χ2v) is 7.75. The minimum absolute atomic E-state index is 0.133. The highest BCUT2D eigenvalue weighted by Gasteiger charge is 2.23. The van der Waals surface area contributed by atoms with Gasteiger partial charge in [0, 0.05) is 51.4 Å². The molecule has 3 nitrogen and oxygen atoms in total. The van der Waals surface area contributed by atoms with Crippen LogP contribution in [0.4, 0.5) is 0 Å². The van der Waals surface area contributed by atoms with Crippen molar-refractivity contribution in [1.82, 2.24) is 9.97 Å². The maximum absolute atomic E-state index is 11.0. The number of aromatic hydroxyl groups is 1. The van der Waals surface area contributed by atoms with Gasteiger partial charge in [-0.15, -0.1) is 0 Å². The van der Waals surface area contributed by atoms with E-state index in [1.54, 1.807) is 30.6 Å². The third kappa shape index (κ3) is 3.79. The predicted molar refractivity (Wildman–Crippen MR) is 115 cm³/mol. The molecule has 0 aliphatic heterocycles. The number of phenols is 1. The fourth-order valence-electron chi connectivity index (χ4n) is 3.33. The topological polar surface area (TPSA) is 46.0 Å². The largest absolute Gasteiger partial charge is 0.505 e. The number of fused-ring (bicyclic) bond motifs is 1. The monoisotopic (exact) mass is 428 g/mol. The Bertz CT molecular complexity index is 1150. The molecule has 140 valence electrons. The van der Waals surface area contributed by atoms with Gasteiger partial charge in [-0.05, 0) is 42.0 Å². The van der Waals surface area contributed by atoms with Gasteiger partial charge < -0.3 is 5.11 Å². The molecule has 0 fully saturated rings. The van der Waals surface area contributed by atoms with Gasteiger partial charge in [-0.3, -0.25) is 9.97 Å². The summed E-state index contributed by atoms with van der Waals surface area (Å²) in [6.07, 6.45) is 3.78. The van der Waals surface area contributed by atoms with Crippen molar-refractivity contribution in [3.05, 3.63) is 98.9 Å². The Morgan fingerprint density at radius 1 is 0.857 bits per heavy atom. The summed E-state index contributed by atoms with van der Waals surface area (Å²) >= 11 is 18.7. The van der Waals surface area contributed by atoms with E-state index in [1.165, 1.54) is 0 Å². The van der Waals surface area contributed by atoms with Gasteiger partial charge in [0.15, 0.2) is 0 Å². The number of aromatic nitrogens is 2. The quantitative estimate of drug-likeness (QED) is 0.394. The van der Waals surface area contributed by atoms with Crippen molar-refractivity contribution in [3.8, 4) is 5.75 Å². The molecule has 1 unspecified atom stereocenters. The second kappa shape index (κ2) is 7.96. The lowest BCUT2D eigenvalue weighted by Gasteiger charge is -2.21. The summed E-state index contributed by atoms with van der Waals surface area (Å²) in [6.45, 7) is 0. The number of pyridine rings is 2. The summed E-state index contributed by atoms with van der Waals surface area (Å²) in [5, 5.41) is 13.6. The molecular weight excluding hydrogens is 415 g/mol. The molecule has 0 saturated carbocycles. The van der Waals surface area contributed by atoms with Crippen LogP contribution >= 0.6 is 34.8 Å². The lowest BCUT2D eigenvalue weighted by molar-refractivity contribution is 0.469. The zero-order valence-electron chi connectivity index (χ0n) is 14.6. The highest BCUT2D eigenvalue weighted by atomic mass is 35.5. The standard InChI is InChI=1S/C22H15Cl3N2O/c23-14-5-8-20(25)19(10-14)18(11-16-6-4-15(24)12-27-16)17-7-3-13-2-1-9-26-21(13)22(17)28/h1-10,12,18,28H,11H2. The molecule has 28 heavy (non-hydrogen) atoms. The summed E-state index contributed by atoms with van der Waals surface area (Å²) in [5.41, 5.74) is 2.90.